The minimum atomic E-state index is -0.366. The van der Waals surface area contributed by atoms with E-state index in [-0.39, 0.29) is 27.8 Å². The van der Waals surface area contributed by atoms with Crippen molar-refractivity contribution >= 4 is 98.5 Å². The molecular weight excluding hydrogens is 661 g/mol. The maximum atomic E-state index is 13.9. The molecule has 0 N–H and O–H groups in total. The van der Waals surface area contributed by atoms with Crippen molar-refractivity contribution in [2.45, 2.75) is 79.6 Å². The predicted molar refractivity (Wildman–Crippen MR) is 225 cm³/mol. The number of carbonyl (C=O) groups excluding carboxylic acids is 2. The molecule has 10 aromatic rings. The molecule has 2 aliphatic carbocycles. The minimum absolute atomic E-state index is 0.0514. The Bertz CT molecular complexity index is 3390. The second kappa shape index (κ2) is 9.41. The van der Waals surface area contributed by atoms with E-state index in [1.165, 1.54) is 92.6 Å². The van der Waals surface area contributed by atoms with Crippen molar-refractivity contribution in [1.82, 2.24) is 8.80 Å². The SMILES string of the molecule is CC1(C)CCc2cc3c4cc(C(C)(C)C)cc5c6cc7c(cc6n(c3cc2C1=O)c45)c1c2ccccc2cc2c3cc4c(cc3n7c21)C(=O)C(C)(C)CC4. The van der Waals surface area contributed by atoms with Gasteiger partial charge in [-0.05, 0) is 113 Å². The molecule has 6 aromatic carbocycles. The fraction of sp³-hybridized carbons (Fsp3) is 0.280. The van der Waals surface area contributed by atoms with Crippen molar-refractivity contribution < 1.29 is 9.59 Å². The highest BCUT2D eigenvalue weighted by Gasteiger charge is 2.37. The van der Waals surface area contributed by atoms with Gasteiger partial charge in [0.15, 0.2) is 11.6 Å². The summed E-state index contributed by atoms with van der Waals surface area (Å²) in [4.78, 5) is 27.9. The molecule has 264 valence electrons. The lowest BCUT2D eigenvalue weighted by atomic mass is 9.73. The van der Waals surface area contributed by atoms with Gasteiger partial charge in [0.2, 0.25) is 0 Å². The lowest BCUT2D eigenvalue weighted by Gasteiger charge is -2.29. The van der Waals surface area contributed by atoms with Crippen LogP contribution in [-0.4, -0.2) is 20.4 Å². The van der Waals surface area contributed by atoms with Gasteiger partial charge in [0, 0.05) is 65.0 Å². The number of nitrogens with zero attached hydrogens (tertiary/aromatic N) is 2. The number of hydrogen-bond donors (Lipinski definition) is 0. The lowest BCUT2D eigenvalue weighted by molar-refractivity contribution is 0.0805. The van der Waals surface area contributed by atoms with Gasteiger partial charge in [-0.25, -0.2) is 0 Å². The topological polar surface area (TPSA) is 43.0 Å². The van der Waals surface area contributed by atoms with Gasteiger partial charge in [0.25, 0.3) is 0 Å². The van der Waals surface area contributed by atoms with Crippen molar-refractivity contribution in [3.63, 3.8) is 0 Å². The Balaban J connectivity index is 1.30. The van der Waals surface area contributed by atoms with Gasteiger partial charge in [-0.2, -0.15) is 0 Å². The summed E-state index contributed by atoms with van der Waals surface area (Å²) in [5.41, 5.74) is 11.6. The average Bonchev–Trinajstić information content (AvgIpc) is 3.84. The molecule has 0 saturated carbocycles. The maximum Gasteiger partial charge on any atom is 0.168 e. The van der Waals surface area contributed by atoms with Crippen LogP contribution in [0.15, 0.2) is 78.9 Å². The number of benzene rings is 6. The quantitative estimate of drug-likeness (QED) is 0.158. The largest absolute Gasteiger partial charge is 0.308 e. The molecule has 0 amide bonds. The maximum absolute atomic E-state index is 13.9. The van der Waals surface area contributed by atoms with Gasteiger partial charge < -0.3 is 8.80 Å². The summed E-state index contributed by atoms with van der Waals surface area (Å²) in [6.45, 7) is 15.3. The number of rotatable bonds is 0. The number of Topliss-reactive ketones (excluding diaryl/α,β-unsaturated/α-hetero) is 2. The van der Waals surface area contributed by atoms with Crippen LogP contribution in [0.3, 0.4) is 0 Å². The third-order valence-electron chi connectivity index (χ3n) is 13.9. The van der Waals surface area contributed by atoms with E-state index in [0.717, 1.165) is 47.8 Å². The molecule has 4 aromatic heterocycles. The zero-order valence-corrected chi connectivity index (χ0v) is 32.0. The second-order valence-corrected chi connectivity index (χ2v) is 19.1. The molecule has 54 heavy (non-hydrogen) atoms. The summed E-state index contributed by atoms with van der Waals surface area (Å²) in [6.07, 6.45) is 3.58. The van der Waals surface area contributed by atoms with Crippen molar-refractivity contribution in [1.29, 1.82) is 0 Å². The highest BCUT2D eigenvalue weighted by atomic mass is 16.1. The van der Waals surface area contributed by atoms with Gasteiger partial charge >= 0.3 is 0 Å². The van der Waals surface area contributed by atoms with E-state index in [0.29, 0.717) is 0 Å². The van der Waals surface area contributed by atoms with Gasteiger partial charge in [-0.1, -0.05) is 72.7 Å². The third kappa shape index (κ3) is 3.60. The molecule has 4 heterocycles. The van der Waals surface area contributed by atoms with E-state index in [2.05, 4.69) is 136 Å². The van der Waals surface area contributed by atoms with Gasteiger partial charge in [-0.15, -0.1) is 0 Å². The smallest absolute Gasteiger partial charge is 0.168 e. The molecule has 0 saturated heterocycles. The molecule has 0 atom stereocenters. The summed E-state index contributed by atoms with van der Waals surface area (Å²) in [5.74, 6) is 0.498. The Morgan fingerprint density at radius 3 is 1.59 bits per heavy atom. The van der Waals surface area contributed by atoms with Crippen LogP contribution in [0.2, 0.25) is 0 Å². The fourth-order valence-corrected chi connectivity index (χ4v) is 10.6. The van der Waals surface area contributed by atoms with Crippen LogP contribution < -0.4 is 0 Å². The molecule has 4 nitrogen and oxygen atoms in total. The highest BCUT2D eigenvalue weighted by Crippen LogP contribution is 2.49. The number of aromatic nitrogens is 2. The number of aryl methyl sites for hydroxylation is 2. The molecule has 2 aliphatic rings. The first-order chi connectivity index (χ1) is 25.7. The molecule has 4 heteroatoms. The highest BCUT2D eigenvalue weighted by molar-refractivity contribution is 6.34. The van der Waals surface area contributed by atoms with Crippen LogP contribution in [0.25, 0.3) is 87.0 Å². The van der Waals surface area contributed by atoms with E-state index < -0.39 is 0 Å². The van der Waals surface area contributed by atoms with Crippen molar-refractivity contribution in [2.24, 2.45) is 10.8 Å². The molecule has 12 rings (SSSR count). The minimum Gasteiger partial charge on any atom is -0.308 e. The van der Waals surface area contributed by atoms with Crippen LogP contribution in [-0.2, 0) is 18.3 Å². The zero-order chi connectivity index (χ0) is 37.0. The number of carbonyl (C=O) groups is 2. The molecule has 0 bridgehead atoms. The van der Waals surface area contributed by atoms with E-state index in [9.17, 15) is 9.59 Å². The number of hydrogen-bond acceptors (Lipinski definition) is 2. The number of ketones is 2. The molecule has 0 spiro atoms. The van der Waals surface area contributed by atoms with Gasteiger partial charge in [0.1, 0.15) is 0 Å². The average molecular weight is 703 g/mol. The van der Waals surface area contributed by atoms with E-state index in [1.807, 2.05) is 0 Å². The van der Waals surface area contributed by atoms with Crippen molar-refractivity contribution in [3.05, 3.63) is 107 Å². The third-order valence-corrected chi connectivity index (χ3v) is 13.9. The zero-order valence-electron chi connectivity index (χ0n) is 32.0. The molecule has 0 radical (unpaired) electrons. The van der Waals surface area contributed by atoms with E-state index in [1.54, 1.807) is 0 Å². The Morgan fingerprint density at radius 1 is 0.519 bits per heavy atom. The van der Waals surface area contributed by atoms with Crippen molar-refractivity contribution in [2.75, 3.05) is 0 Å². The Labute approximate surface area is 313 Å². The number of fused-ring (bicyclic) bond motifs is 16. The Morgan fingerprint density at radius 2 is 1.00 bits per heavy atom. The van der Waals surface area contributed by atoms with Crippen LogP contribution in [0.1, 0.15) is 98.7 Å². The summed E-state index contributed by atoms with van der Waals surface area (Å²) >= 11 is 0. The first kappa shape index (κ1) is 30.9. The summed E-state index contributed by atoms with van der Waals surface area (Å²) in [6, 6.07) is 29.9. The Hall–Kier alpha value is -5.48. The van der Waals surface area contributed by atoms with Crippen LogP contribution in [0, 0.1) is 10.8 Å². The lowest BCUT2D eigenvalue weighted by Crippen LogP contribution is -2.30. The molecule has 0 unspecified atom stereocenters. The fourth-order valence-electron chi connectivity index (χ4n) is 10.6. The Kier molecular flexibility index (Phi) is 5.39. The first-order valence-corrected chi connectivity index (χ1v) is 19.7. The molecule has 0 aliphatic heterocycles. The summed E-state index contributed by atoms with van der Waals surface area (Å²) in [5, 5.41) is 12.4. The summed E-state index contributed by atoms with van der Waals surface area (Å²) in [7, 11) is 0. The van der Waals surface area contributed by atoms with Gasteiger partial charge in [-0.3, -0.25) is 9.59 Å². The standard InChI is InChI=1S/C50H42N2O2/c1-48(2,3)28-19-36-33-17-27-13-15-49(4,5)46(53)30(27)21-39(33)51-41-24-38-42(23-34(41)37(20-28)44(36)51)52-40-22-31-26(12-14-50(6,7)47(31)54)16-32(40)35-18-25-10-8-9-11-29(25)43(38)45(35)52/h8-11,16-24H,12-15H2,1-7H3. The molecular formula is C50H42N2O2. The van der Waals surface area contributed by atoms with E-state index in [4.69, 9.17) is 0 Å². The van der Waals surface area contributed by atoms with Gasteiger partial charge in [0.05, 0.1) is 33.1 Å². The predicted octanol–water partition coefficient (Wildman–Crippen LogP) is 12.7. The van der Waals surface area contributed by atoms with Crippen LogP contribution >= 0.6 is 0 Å². The second-order valence-electron chi connectivity index (χ2n) is 19.1. The molecule has 0 fully saturated rings. The first-order valence-electron chi connectivity index (χ1n) is 19.7. The van der Waals surface area contributed by atoms with Crippen LogP contribution in [0.4, 0.5) is 0 Å². The van der Waals surface area contributed by atoms with Crippen molar-refractivity contribution in [3.8, 4) is 0 Å². The summed E-state index contributed by atoms with van der Waals surface area (Å²) < 4.78 is 4.92. The monoisotopic (exact) mass is 702 g/mol. The normalized spacial score (nSPS) is 17.6. The van der Waals surface area contributed by atoms with E-state index >= 15 is 0 Å². The van der Waals surface area contributed by atoms with Crippen LogP contribution in [0.5, 0.6) is 0 Å².